The minimum absolute atomic E-state index is 0.131. The lowest BCUT2D eigenvalue weighted by molar-refractivity contribution is 0.628. The van der Waals surface area contributed by atoms with Gasteiger partial charge >= 0.3 is 0 Å². The van der Waals surface area contributed by atoms with E-state index >= 15 is 0 Å². The molecule has 0 radical (unpaired) electrons. The van der Waals surface area contributed by atoms with E-state index in [9.17, 15) is 0 Å². The van der Waals surface area contributed by atoms with Gasteiger partial charge in [0.05, 0.1) is 28.4 Å². The number of nitrogens with zero attached hydrogens (tertiary/aromatic N) is 5. The number of para-hydroxylation sites is 3. The molecule has 0 bridgehead atoms. The van der Waals surface area contributed by atoms with Gasteiger partial charge in [0.25, 0.3) is 0 Å². The third kappa shape index (κ3) is 5.50. The van der Waals surface area contributed by atoms with Gasteiger partial charge in [-0.15, -0.1) is 0 Å². The Morgan fingerprint density at radius 3 is 1.32 bits per heavy atom. The van der Waals surface area contributed by atoms with E-state index in [1.165, 1.54) is 39.3 Å². The largest absolute Gasteiger partial charge is 0.310 e. The molecule has 11 rings (SSSR count). The van der Waals surface area contributed by atoms with Crippen molar-refractivity contribution in [3.63, 3.8) is 0 Å². The van der Waals surface area contributed by atoms with Crippen molar-refractivity contribution in [2.75, 3.05) is 9.80 Å². The van der Waals surface area contributed by atoms with Crippen LogP contribution in [0.1, 0.15) is 49.9 Å². The van der Waals surface area contributed by atoms with Crippen molar-refractivity contribution < 1.29 is 0 Å². The summed E-state index contributed by atoms with van der Waals surface area (Å²) in [7, 11) is 0. The minimum atomic E-state index is -0.283. The van der Waals surface area contributed by atoms with Crippen molar-refractivity contribution in [3.05, 3.63) is 210 Å². The molecule has 0 fully saturated rings. The SMILES string of the molecule is CC1(C)c2ccccc2N(c2ccc3c(c2)C(C)(C)c2ccccc2N3c2ccc(-c3nc(-c4ccccc4)nc(-c4ccccc4)n3)c3ccccc23)c2ccccc21. The summed E-state index contributed by atoms with van der Waals surface area (Å²) in [4.78, 5) is 20.2. The molecule has 60 heavy (non-hydrogen) atoms. The number of anilines is 6. The molecular formula is C55H43N5. The molecule has 5 nitrogen and oxygen atoms in total. The third-order valence-corrected chi connectivity index (χ3v) is 12.7. The molecule has 0 aliphatic carbocycles. The maximum absolute atomic E-state index is 5.14. The molecule has 0 spiro atoms. The zero-order valence-electron chi connectivity index (χ0n) is 34.1. The molecule has 2 aliphatic rings. The Kier molecular flexibility index (Phi) is 8.11. The molecular weight excluding hydrogens is 731 g/mol. The highest BCUT2D eigenvalue weighted by atomic mass is 15.2. The lowest BCUT2D eigenvalue weighted by Crippen LogP contribution is -2.32. The summed E-state index contributed by atoms with van der Waals surface area (Å²) in [6, 6.07) is 67.1. The minimum Gasteiger partial charge on any atom is -0.310 e. The van der Waals surface area contributed by atoms with Crippen LogP contribution in [-0.4, -0.2) is 15.0 Å². The first-order valence-electron chi connectivity index (χ1n) is 20.7. The molecule has 5 heteroatoms. The van der Waals surface area contributed by atoms with Gasteiger partial charge in [0.15, 0.2) is 17.5 Å². The first-order chi connectivity index (χ1) is 29.3. The van der Waals surface area contributed by atoms with E-state index in [2.05, 4.69) is 189 Å². The fraction of sp³-hybridized carbons (Fsp3) is 0.109. The Bertz CT molecular complexity index is 3010. The summed E-state index contributed by atoms with van der Waals surface area (Å²) in [6.07, 6.45) is 0. The average molecular weight is 774 g/mol. The summed E-state index contributed by atoms with van der Waals surface area (Å²) >= 11 is 0. The highest BCUT2D eigenvalue weighted by molar-refractivity contribution is 6.07. The maximum Gasteiger partial charge on any atom is 0.164 e. The molecule has 0 atom stereocenters. The van der Waals surface area contributed by atoms with Crippen LogP contribution in [0.3, 0.4) is 0 Å². The summed E-state index contributed by atoms with van der Waals surface area (Å²) in [5.74, 6) is 1.93. The van der Waals surface area contributed by atoms with Crippen LogP contribution in [0, 0.1) is 0 Å². The number of hydrogen-bond acceptors (Lipinski definition) is 5. The van der Waals surface area contributed by atoms with Crippen molar-refractivity contribution in [3.8, 4) is 34.2 Å². The Hall–Kier alpha value is -7.37. The number of fused-ring (bicyclic) bond motifs is 5. The van der Waals surface area contributed by atoms with Crippen molar-refractivity contribution in [1.82, 2.24) is 15.0 Å². The first kappa shape index (κ1) is 35.8. The van der Waals surface area contributed by atoms with Crippen LogP contribution in [0.5, 0.6) is 0 Å². The molecule has 0 unspecified atom stereocenters. The van der Waals surface area contributed by atoms with Gasteiger partial charge in [-0.3, -0.25) is 0 Å². The summed E-state index contributed by atoms with van der Waals surface area (Å²) < 4.78 is 0. The predicted molar refractivity (Wildman–Crippen MR) is 247 cm³/mol. The highest BCUT2D eigenvalue weighted by Crippen LogP contribution is 2.56. The topological polar surface area (TPSA) is 45.2 Å². The fourth-order valence-electron chi connectivity index (χ4n) is 9.64. The van der Waals surface area contributed by atoms with E-state index in [1.54, 1.807) is 0 Å². The molecule has 9 aromatic rings. The molecule has 0 amide bonds. The van der Waals surface area contributed by atoms with E-state index < -0.39 is 0 Å². The van der Waals surface area contributed by atoms with Crippen LogP contribution in [0.2, 0.25) is 0 Å². The molecule has 0 saturated heterocycles. The Labute approximate surface area is 351 Å². The monoisotopic (exact) mass is 773 g/mol. The zero-order valence-corrected chi connectivity index (χ0v) is 34.1. The van der Waals surface area contributed by atoms with E-state index in [-0.39, 0.29) is 10.8 Å². The van der Waals surface area contributed by atoms with Crippen LogP contribution in [-0.2, 0) is 10.8 Å². The lowest BCUT2D eigenvalue weighted by Gasteiger charge is -2.44. The second-order valence-electron chi connectivity index (χ2n) is 16.9. The Balaban J connectivity index is 1.10. The quantitative estimate of drug-likeness (QED) is 0.174. The van der Waals surface area contributed by atoms with Crippen LogP contribution < -0.4 is 9.80 Å². The summed E-state index contributed by atoms with van der Waals surface area (Å²) in [5, 5.41) is 2.19. The van der Waals surface area contributed by atoms with Gasteiger partial charge in [-0.1, -0.05) is 167 Å². The van der Waals surface area contributed by atoms with Gasteiger partial charge < -0.3 is 9.80 Å². The molecule has 0 N–H and O–H groups in total. The van der Waals surface area contributed by atoms with Gasteiger partial charge in [-0.2, -0.15) is 0 Å². The molecule has 1 aromatic heterocycles. The molecule has 288 valence electrons. The van der Waals surface area contributed by atoms with Gasteiger partial charge in [-0.25, -0.2) is 15.0 Å². The maximum atomic E-state index is 5.14. The van der Waals surface area contributed by atoms with Gasteiger partial charge in [-0.05, 0) is 76.2 Å². The van der Waals surface area contributed by atoms with Crippen molar-refractivity contribution in [2.45, 2.75) is 38.5 Å². The predicted octanol–water partition coefficient (Wildman–Crippen LogP) is 14.2. The second kappa shape index (κ2) is 13.6. The van der Waals surface area contributed by atoms with Gasteiger partial charge in [0.1, 0.15) is 0 Å². The Morgan fingerprint density at radius 2 is 0.750 bits per heavy atom. The summed E-state index contributed by atoms with van der Waals surface area (Å²) in [5.41, 5.74) is 14.7. The van der Waals surface area contributed by atoms with Crippen LogP contribution in [0.15, 0.2) is 188 Å². The first-order valence-corrected chi connectivity index (χ1v) is 20.7. The van der Waals surface area contributed by atoms with E-state index in [1.807, 2.05) is 36.4 Å². The van der Waals surface area contributed by atoms with Crippen molar-refractivity contribution in [2.24, 2.45) is 0 Å². The van der Waals surface area contributed by atoms with Gasteiger partial charge in [0, 0.05) is 38.6 Å². The van der Waals surface area contributed by atoms with Crippen molar-refractivity contribution in [1.29, 1.82) is 0 Å². The van der Waals surface area contributed by atoms with E-state index in [0.717, 1.165) is 44.5 Å². The zero-order chi connectivity index (χ0) is 40.6. The third-order valence-electron chi connectivity index (χ3n) is 12.7. The normalized spacial score (nSPS) is 14.5. The Morgan fingerprint density at radius 1 is 0.333 bits per heavy atom. The number of rotatable bonds is 5. The number of aromatic nitrogens is 3. The smallest absolute Gasteiger partial charge is 0.164 e. The van der Waals surface area contributed by atoms with E-state index in [4.69, 9.17) is 15.0 Å². The molecule has 2 aliphatic heterocycles. The van der Waals surface area contributed by atoms with Crippen LogP contribution in [0.25, 0.3) is 44.9 Å². The fourth-order valence-corrected chi connectivity index (χ4v) is 9.64. The average Bonchev–Trinajstić information content (AvgIpc) is 3.30. The molecule has 3 heterocycles. The lowest BCUT2D eigenvalue weighted by atomic mass is 9.72. The molecule has 0 saturated carbocycles. The standard InChI is InChI=1S/C55H43N5/c1-54(2)42-25-13-16-28-47(42)59(48-29-17-14-26-43(48)54)38-31-33-50-45(35-38)55(3,4)44-27-15-18-30-49(44)60(50)46-34-32-41(39-23-11-12-24-40(39)46)53-57-51(36-19-7-5-8-20-36)56-52(58-53)37-21-9-6-10-22-37/h5-35H,1-4H3. The van der Waals surface area contributed by atoms with Gasteiger partial charge in [0.2, 0.25) is 0 Å². The molecule has 8 aromatic carbocycles. The second-order valence-corrected chi connectivity index (χ2v) is 16.9. The van der Waals surface area contributed by atoms with Crippen LogP contribution >= 0.6 is 0 Å². The highest BCUT2D eigenvalue weighted by Gasteiger charge is 2.40. The summed E-state index contributed by atoms with van der Waals surface area (Å²) in [6.45, 7) is 9.41. The van der Waals surface area contributed by atoms with Crippen molar-refractivity contribution >= 4 is 44.9 Å². The number of hydrogen-bond donors (Lipinski definition) is 0. The number of benzene rings is 8. The van der Waals surface area contributed by atoms with E-state index in [0.29, 0.717) is 17.5 Å². The van der Waals surface area contributed by atoms with Crippen LogP contribution in [0.4, 0.5) is 34.1 Å².